The van der Waals surface area contributed by atoms with Crippen LogP contribution in [-0.4, -0.2) is 41.7 Å². The SMILES string of the molecule is Cc1ccc(S(C)(=O)=O)cc1S(=O)(=O)NC1CCCNC1C.Cl. The zero-order valence-electron chi connectivity index (χ0n) is 13.4. The zero-order chi connectivity index (χ0) is 16.5. The van der Waals surface area contributed by atoms with Crippen LogP contribution < -0.4 is 10.0 Å². The van der Waals surface area contributed by atoms with Gasteiger partial charge in [-0.25, -0.2) is 21.6 Å². The summed E-state index contributed by atoms with van der Waals surface area (Å²) in [5.74, 6) is 0. The van der Waals surface area contributed by atoms with Crippen molar-refractivity contribution in [2.24, 2.45) is 0 Å². The molecule has 2 N–H and O–H groups in total. The number of piperidine rings is 1. The largest absolute Gasteiger partial charge is 0.313 e. The van der Waals surface area contributed by atoms with Crippen molar-refractivity contribution in [3.63, 3.8) is 0 Å². The molecule has 1 fully saturated rings. The molecule has 0 amide bonds. The van der Waals surface area contributed by atoms with Gasteiger partial charge in [0.2, 0.25) is 10.0 Å². The number of rotatable bonds is 4. The number of hydrogen-bond donors (Lipinski definition) is 2. The molecule has 1 aromatic carbocycles. The van der Waals surface area contributed by atoms with Crippen molar-refractivity contribution in [1.29, 1.82) is 0 Å². The number of sulfone groups is 1. The van der Waals surface area contributed by atoms with Gasteiger partial charge in [0.05, 0.1) is 9.79 Å². The third kappa shape index (κ3) is 4.90. The maximum Gasteiger partial charge on any atom is 0.241 e. The molecule has 1 saturated heterocycles. The molecule has 0 aromatic heterocycles. The highest BCUT2D eigenvalue weighted by Crippen LogP contribution is 2.21. The summed E-state index contributed by atoms with van der Waals surface area (Å²) in [6.45, 7) is 4.47. The Morgan fingerprint density at radius 2 is 1.87 bits per heavy atom. The third-order valence-electron chi connectivity index (χ3n) is 3.95. The molecule has 1 aliphatic heterocycles. The quantitative estimate of drug-likeness (QED) is 0.817. The number of hydrogen-bond acceptors (Lipinski definition) is 5. The highest BCUT2D eigenvalue weighted by atomic mass is 35.5. The minimum atomic E-state index is -3.76. The lowest BCUT2D eigenvalue weighted by atomic mass is 10.0. The maximum absolute atomic E-state index is 12.6. The van der Waals surface area contributed by atoms with Crippen LogP contribution in [0.4, 0.5) is 0 Å². The maximum atomic E-state index is 12.6. The van der Waals surface area contributed by atoms with E-state index in [1.165, 1.54) is 18.2 Å². The molecule has 0 radical (unpaired) electrons. The van der Waals surface area contributed by atoms with Crippen molar-refractivity contribution >= 4 is 32.3 Å². The molecule has 0 spiro atoms. The first-order valence-corrected chi connectivity index (χ1v) is 10.5. The van der Waals surface area contributed by atoms with Gasteiger partial charge in [0.15, 0.2) is 9.84 Å². The number of sulfonamides is 1. The summed E-state index contributed by atoms with van der Waals surface area (Å²) in [6, 6.07) is 4.03. The summed E-state index contributed by atoms with van der Waals surface area (Å²) in [5, 5.41) is 3.23. The lowest BCUT2D eigenvalue weighted by molar-refractivity contribution is 0.348. The fourth-order valence-electron chi connectivity index (χ4n) is 2.57. The van der Waals surface area contributed by atoms with E-state index in [-0.39, 0.29) is 34.3 Å². The first kappa shape index (κ1) is 20.4. The summed E-state index contributed by atoms with van der Waals surface area (Å²) in [4.78, 5) is 0.0292. The Labute approximate surface area is 144 Å². The number of halogens is 1. The van der Waals surface area contributed by atoms with E-state index in [0.29, 0.717) is 5.56 Å². The van der Waals surface area contributed by atoms with Gasteiger partial charge in [-0.3, -0.25) is 0 Å². The van der Waals surface area contributed by atoms with Crippen molar-refractivity contribution in [2.75, 3.05) is 12.8 Å². The van der Waals surface area contributed by atoms with Crippen LogP contribution in [0.2, 0.25) is 0 Å². The van der Waals surface area contributed by atoms with E-state index < -0.39 is 19.9 Å². The van der Waals surface area contributed by atoms with Crippen LogP contribution in [-0.2, 0) is 19.9 Å². The predicted octanol–water partition coefficient (Wildman–Crippen LogP) is 1.24. The fraction of sp³-hybridized carbons (Fsp3) is 0.571. The second kappa shape index (κ2) is 7.48. The monoisotopic (exact) mass is 382 g/mol. The molecule has 1 aliphatic rings. The Balaban J connectivity index is 0.00000264. The van der Waals surface area contributed by atoms with Crippen molar-refractivity contribution in [1.82, 2.24) is 10.0 Å². The molecule has 1 heterocycles. The van der Waals surface area contributed by atoms with Crippen LogP contribution in [0.3, 0.4) is 0 Å². The summed E-state index contributed by atoms with van der Waals surface area (Å²) in [7, 11) is -7.21. The summed E-state index contributed by atoms with van der Waals surface area (Å²) >= 11 is 0. The van der Waals surface area contributed by atoms with Gasteiger partial charge < -0.3 is 5.32 Å². The van der Waals surface area contributed by atoms with E-state index in [4.69, 9.17) is 0 Å². The van der Waals surface area contributed by atoms with Crippen LogP contribution in [0.25, 0.3) is 0 Å². The van der Waals surface area contributed by atoms with E-state index >= 15 is 0 Å². The first-order valence-electron chi connectivity index (χ1n) is 7.18. The second-order valence-electron chi connectivity index (χ2n) is 5.81. The molecule has 23 heavy (non-hydrogen) atoms. The van der Waals surface area contributed by atoms with Gasteiger partial charge in [-0.1, -0.05) is 6.07 Å². The van der Waals surface area contributed by atoms with Gasteiger partial charge in [0.1, 0.15) is 0 Å². The molecule has 9 heteroatoms. The Bertz CT molecular complexity index is 763. The Hall–Kier alpha value is -0.670. The second-order valence-corrected chi connectivity index (χ2v) is 9.51. The highest BCUT2D eigenvalue weighted by Gasteiger charge is 2.28. The van der Waals surface area contributed by atoms with E-state index in [1.807, 2.05) is 6.92 Å². The van der Waals surface area contributed by atoms with Gasteiger partial charge in [0, 0.05) is 18.3 Å². The van der Waals surface area contributed by atoms with Crippen LogP contribution in [0, 0.1) is 6.92 Å². The molecule has 0 saturated carbocycles. The Morgan fingerprint density at radius 1 is 1.22 bits per heavy atom. The first-order chi connectivity index (χ1) is 10.1. The lowest BCUT2D eigenvalue weighted by Gasteiger charge is -2.30. The molecule has 1 aromatic rings. The molecule has 0 aliphatic carbocycles. The van der Waals surface area contributed by atoms with E-state index in [1.54, 1.807) is 6.92 Å². The van der Waals surface area contributed by atoms with Crippen LogP contribution in [0.5, 0.6) is 0 Å². The van der Waals surface area contributed by atoms with E-state index in [9.17, 15) is 16.8 Å². The van der Waals surface area contributed by atoms with E-state index in [2.05, 4.69) is 10.0 Å². The Morgan fingerprint density at radius 3 is 2.43 bits per heavy atom. The molecule has 132 valence electrons. The van der Waals surface area contributed by atoms with Crippen LogP contribution in [0.15, 0.2) is 28.0 Å². The molecule has 6 nitrogen and oxygen atoms in total. The number of benzene rings is 1. The molecule has 2 atom stereocenters. The summed E-state index contributed by atoms with van der Waals surface area (Å²) in [5.41, 5.74) is 0.524. The molecule has 2 rings (SSSR count). The smallest absolute Gasteiger partial charge is 0.241 e. The van der Waals surface area contributed by atoms with Crippen LogP contribution >= 0.6 is 12.4 Å². The minimum Gasteiger partial charge on any atom is -0.313 e. The Kier molecular flexibility index (Phi) is 6.63. The minimum absolute atomic E-state index is 0. The number of aryl methyl sites for hydroxylation is 1. The fourth-order valence-corrected chi connectivity index (χ4v) is 4.91. The van der Waals surface area contributed by atoms with Crippen molar-refractivity contribution in [3.05, 3.63) is 23.8 Å². The van der Waals surface area contributed by atoms with Gasteiger partial charge >= 0.3 is 0 Å². The molecular weight excluding hydrogens is 360 g/mol. The average Bonchev–Trinajstić information content (AvgIpc) is 2.40. The van der Waals surface area contributed by atoms with Gasteiger partial charge in [0.25, 0.3) is 0 Å². The molecule has 0 bridgehead atoms. The average molecular weight is 383 g/mol. The topological polar surface area (TPSA) is 92.3 Å². The third-order valence-corrected chi connectivity index (χ3v) is 6.69. The van der Waals surface area contributed by atoms with Crippen molar-refractivity contribution in [3.8, 4) is 0 Å². The summed E-state index contributed by atoms with van der Waals surface area (Å²) < 4.78 is 51.2. The molecule has 2 unspecified atom stereocenters. The van der Waals surface area contributed by atoms with Gasteiger partial charge in [-0.05, 0) is 50.9 Å². The number of nitrogens with one attached hydrogen (secondary N) is 2. The van der Waals surface area contributed by atoms with Crippen molar-refractivity contribution in [2.45, 2.75) is 48.6 Å². The lowest BCUT2D eigenvalue weighted by Crippen LogP contribution is -2.51. The zero-order valence-corrected chi connectivity index (χ0v) is 15.8. The van der Waals surface area contributed by atoms with Gasteiger partial charge in [-0.15, -0.1) is 12.4 Å². The standard InChI is InChI=1S/C14H22N2O4S2.ClH/c1-10-6-7-12(21(3,17)18)9-14(10)22(19,20)16-13-5-4-8-15-11(13)2;/h6-7,9,11,13,15-16H,4-5,8H2,1-3H3;1H. The normalized spacial score (nSPS) is 22.4. The van der Waals surface area contributed by atoms with Crippen LogP contribution in [0.1, 0.15) is 25.3 Å². The summed E-state index contributed by atoms with van der Waals surface area (Å²) in [6.07, 6.45) is 2.73. The van der Waals surface area contributed by atoms with Gasteiger partial charge in [-0.2, -0.15) is 0 Å². The molecular formula is C14H23ClN2O4S2. The van der Waals surface area contributed by atoms with E-state index in [0.717, 1.165) is 25.6 Å². The highest BCUT2D eigenvalue weighted by molar-refractivity contribution is 7.91. The van der Waals surface area contributed by atoms with Crippen molar-refractivity contribution < 1.29 is 16.8 Å². The predicted molar refractivity (Wildman–Crippen MR) is 92.3 cm³/mol.